The van der Waals surface area contributed by atoms with Crippen molar-refractivity contribution < 1.29 is 29.1 Å². The minimum Gasteiger partial charge on any atom is -0.455 e. The van der Waals surface area contributed by atoms with E-state index < -0.39 is 60.4 Å². The Morgan fingerprint density at radius 2 is 1.00 bits per heavy atom. The normalized spacial score (nSPS) is 17.6. The van der Waals surface area contributed by atoms with Gasteiger partial charge in [-0.3, -0.25) is 0 Å². The van der Waals surface area contributed by atoms with Crippen molar-refractivity contribution in [2.45, 2.75) is 0 Å². The Hall–Kier alpha value is -5.66. The highest BCUT2D eigenvalue weighted by Gasteiger charge is 2.20. The van der Waals surface area contributed by atoms with E-state index in [1.165, 1.54) is 48.5 Å². The predicted octanol–water partition coefficient (Wildman–Crippen LogP) is 12.0. The van der Waals surface area contributed by atoms with E-state index in [0.29, 0.717) is 0 Å². The fraction of sp³-hybridized carbons (Fsp3) is 0. The number of benzene rings is 8. The van der Waals surface area contributed by atoms with Gasteiger partial charge in [0.25, 0.3) is 0 Å². The van der Waals surface area contributed by atoms with E-state index in [0.717, 1.165) is 0 Å². The quantitative estimate of drug-likeness (QED) is 0.195. The molecule has 0 amide bonds. The van der Waals surface area contributed by atoms with Crippen molar-refractivity contribution in [1.82, 2.24) is 0 Å². The van der Waals surface area contributed by atoms with Crippen molar-refractivity contribution in [2.24, 2.45) is 0 Å². The Labute approximate surface area is 274 Å². The van der Waals surface area contributed by atoms with E-state index in [9.17, 15) is 4.11 Å². The molecule has 0 atom stereocenters. The summed E-state index contributed by atoms with van der Waals surface area (Å²) in [5.74, 6) is 0. The fourth-order valence-corrected chi connectivity index (χ4v) is 5.70. The molecule has 0 bridgehead atoms. The highest BCUT2D eigenvalue weighted by atomic mass is 16.3. The van der Waals surface area contributed by atoms with Crippen molar-refractivity contribution in [3.63, 3.8) is 0 Å². The first-order chi connectivity index (χ1) is 28.7. The molecule has 0 aliphatic rings. The van der Waals surface area contributed by atoms with Gasteiger partial charge in [0.05, 0.1) is 24.7 Å². The van der Waals surface area contributed by atoms with Gasteiger partial charge in [-0.25, -0.2) is 0 Å². The third kappa shape index (κ3) is 3.72. The Morgan fingerprint density at radius 1 is 0.395 bits per heavy atom. The van der Waals surface area contributed by atoms with Crippen LogP contribution in [0.2, 0.25) is 0 Å². The molecular weight excluding hydrogens is 520 g/mol. The van der Waals surface area contributed by atoms with Gasteiger partial charge in [-0.05, 0) is 66.7 Å². The van der Waals surface area contributed by atoms with Crippen molar-refractivity contribution in [3.05, 3.63) is 157 Å². The minimum atomic E-state index is -0.609. The molecule has 1 heterocycles. The molecule has 0 aliphatic carbocycles. The van der Waals surface area contributed by atoms with Gasteiger partial charge in [0, 0.05) is 21.9 Å². The fourth-order valence-electron chi connectivity index (χ4n) is 5.70. The standard InChI is InChI=1S/C42H26O/c1-2-11-30-26-31(25-22-27(30)10-1)28-20-23-29(24-21-28)40-33-13-3-5-15-35(33)41(36-16-6-4-14-34(36)40)38-18-9-17-37-32-12-7-8-19-39(32)43-42(37)38/h1-26H/i1D,2D,3D,4D,5D,6D,7D,8D,9D,10D,11D,12D,17D,18D,19D,20D,21D,22D. The van der Waals surface area contributed by atoms with Gasteiger partial charge in [-0.1, -0.05) is 145 Å². The summed E-state index contributed by atoms with van der Waals surface area (Å²) in [5, 5.41) is 0.499. The molecule has 0 unspecified atom stereocenters. The van der Waals surface area contributed by atoms with Gasteiger partial charge in [0.1, 0.15) is 11.2 Å². The highest BCUT2D eigenvalue weighted by molar-refractivity contribution is 6.24. The van der Waals surface area contributed by atoms with Crippen LogP contribution in [0.25, 0.3) is 87.6 Å². The van der Waals surface area contributed by atoms with Crippen molar-refractivity contribution in [3.8, 4) is 33.4 Å². The summed E-state index contributed by atoms with van der Waals surface area (Å²) >= 11 is 0. The third-order valence-corrected chi connectivity index (χ3v) is 7.59. The predicted molar refractivity (Wildman–Crippen MR) is 183 cm³/mol. The van der Waals surface area contributed by atoms with Gasteiger partial charge < -0.3 is 4.42 Å². The van der Waals surface area contributed by atoms with Crippen molar-refractivity contribution in [1.29, 1.82) is 0 Å². The summed E-state index contributed by atoms with van der Waals surface area (Å²) < 4.78 is 162. The summed E-state index contributed by atoms with van der Waals surface area (Å²) in [6, 6.07) is 3.51. The van der Waals surface area contributed by atoms with Crippen LogP contribution in [-0.4, -0.2) is 0 Å². The van der Waals surface area contributed by atoms with E-state index in [1.807, 2.05) is 0 Å². The Kier molecular flexibility index (Phi) is 2.70. The van der Waals surface area contributed by atoms with E-state index in [2.05, 4.69) is 0 Å². The SMILES string of the molecule is [2H]c1cc2c(-c3cc([2H])c(-c4cc([2H])c5c([2H])c([2H])c([2H])c([2H])c5c4)c([2H])c3)c3cc([2H])c([2H])cc3c(-c3c([2H])c([2H])c([2H])c4c3oc3c([2H])c([2H])c([2H])c([2H])c34)c2cc1[2H]. The van der Waals surface area contributed by atoms with Crippen LogP contribution in [0.4, 0.5) is 0 Å². The average molecular weight is 565 g/mol. The molecule has 8 aromatic carbocycles. The molecule has 1 heteroatoms. The van der Waals surface area contributed by atoms with Crippen LogP contribution in [0, 0.1) is 0 Å². The van der Waals surface area contributed by atoms with Crippen LogP contribution in [-0.2, 0) is 0 Å². The zero-order valence-corrected chi connectivity index (χ0v) is 22.0. The smallest absolute Gasteiger partial charge is 0.143 e. The molecule has 0 radical (unpaired) electrons. The van der Waals surface area contributed by atoms with Crippen molar-refractivity contribution >= 4 is 54.3 Å². The lowest BCUT2D eigenvalue weighted by molar-refractivity contribution is 0.670. The molecule has 0 N–H and O–H groups in total. The van der Waals surface area contributed by atoms with E-state index in [4.69, 9.17) is 25.0 Å². The zero-order valence-electron chi connectivity index (χ0n) is 40.0. The number of para-hydroxylation sites is 2. The first-order valence-electron chi connectivity index (χ1n) is 22.3. The van der Waals surface area contributed by atoms with Crippen LogP contribution in [0.3, 0.4) is 0 Å². The molecule has 9 aromatic rings. The first kappa shape index (κ1) is 12.3. The van der Waals surface area contributed by atoms with Crippen LogP contribution in [0.1, 0.15) is 24.7 Å². The minimum absolute atomic E-state index is 0.0180. The molecular formula is C42H26O. The number of hydrogen-bond donors (Lipinski definition) is 0. The monoisotopic (exact) mass is 564 g/mol. The lowest BCUT2D eigenvalue weighted by atomic mass is 9.85. The zero-order chi connectivity index (χ0) is 44.0. The van der Waals surface area contributed by atoms with Crippen LogP contribution in [0.5, 0.6) is 0 Å². The molecule has 0 fully saturated rings. The molecule has 1 aromatic heterocycles. The van der Waals surface area contributed by atoms with Gasteiger partial charge in [-0.15, -0.1) is 0 Å². The van der Waals surface area contributed by atoms with Gasteiger partial charge >= 0.3 is 0 Å². The van der Waals surface area contributed by atoms with Gasteiger partial charge in [0.15, 0.2) is 0 Å². The van der Waals surface area contributed by atoms with E-state index >= 15 is 0 Å². The third-order valence-electron chi connectivity index (χ3n) is 7.59. The second-order valence-corrected chi connectivity index (χ2v) is 9.90. The molecule has 1 nitrogen and oxygen atoms in total. The molecule has 200 valence electrons. The lowest BCUT2D eigenvalue weighted by Gasteiger charge is -2.18. The summed E-state index contributed by atoms with van der Waals surface area (Å²) in [6.07, 6.45) is 0. The summed E-state index contributed by atoms with van der Waals surface area (Å²) in [7, 11) is 0. The molecule has 0 spiro atoms. The summed E-state index contributed by atoms with van der Waals surface area (Å²) in [6.45, 7) is 0. The number of fused-ring (bicyclic) bond motifs is 6. The average Bonchev–Trinajstić information content (AvgIpc) is 3.61. The molecule has 9 rings (SSSR count). The maximum Gasteiger partial charge on any atom is 0.143 e. The van der Waals surface area contributed by atoms with Crippen LogP contribution >= 0.6 is 0 Å². The van der Waals surface area contributed by atoms with Gasteiger partial charge in [0.2, 0.25) is 0 Å². The summed E-state index contributed by atoms with van der Waals surface area (Å²) in [4.78, 5) is 0. The summed E-state index contributed by atoms with van der Waals surface area (Å²) in [5.41, 5.74) is 0.126. The second-order valence-electron chi connectivity index (χ2n) is 9.90. The first-order valence-corrected chi connectivity index (χ1v) is 13.3. The number of rotatable bonds is 3. The maximum atomic E-state index is 9.25. The molecule has 0 saturated carbocycles. The molecule has 0 saturated heterocycles. The van der Waals surface area contributed by atoms with E-state index in [-0.39, 0.29) is 136 Å². The molecule has 0 aliphatic heterocycles. The maximum absolute atomic E-state index is 9.25. The highest BCUT2D eigenvalue weighted by Crippen LogP contribution is 2.46. The largest absolute Gasteiger partial charge is 0.455 e. The lowest BCUT2D eigenvalue weighted by Crippen LogP contribution is -1.91. The Balaban J connectivity index is 1.41. The van der Waals surface area contributed by atoms with Crippen LogP contribution < -0.4 is 0 Å². The Bertz CT molecular complexity index is 3430. The second kappa shape index (κ2) is 9.44. The molecule has 43 heavy (non-hydrogen) atoms. The van der Waals surface area contributed by atoms with Crippen molar-refractivity contribution in [2.75, 3.05) is 0 Å². The number of furan rings is 1. The van der Waals surface area contributed by atoms with E-state index in [1.54, 1.807) is 0 Å². The topological polar surface area (TPSA) is 13.1 Å². The Morgan fingerprint density at radius 3 is 1.74 bits per heavy atom. The van der Waals surface area contributed by atoms with Crippen LogP contribution in [0.15, 0.2) is 162 Å². The van der Waals surface area contributed by atoms with Gasteiger partial charge in [-0.2, -0.15) is 0 Å². The number of hydrogen-bond acceptors (Lipinski definition) is 1.